The van der Waals surface area contributed by atoms with Gasteiger partial charge in [-0.05, 0) is 45.5 Å². The van der Waals surface area contributed by atoms with E-state index in [1.54, 1.807) is 0 Å². The second kappa shape index (κ2) is 9.39. The predicted molar refractivity (Wildman–Crippen MR) is 79.3 cm³/mol. The number of nitrogens with zero attached hydrogens (tertiary/aromatic N) is 1. The minimum absolute atomic E-state index is 0.0631. The average Bonchev–Trinajstić information content (AvgIpc) is 2.41. The lowest BCUT2D eigenvalue weighted by Crippen LogP contribution is -2.37. The van der Waals surface area contributed by atoms with Crippen LogP contribution in [0.25, 0.3) is 0 Å². The van der Waals surface area contributed by atoms with E-state index < -0.39 is 0 Å². The second-order valence-corrected chi connectivity index (χ2v) is 4.93. The molecule has 1 aromatic rings. The quantitative estimate of drug-likeness (QED) is 0.703. The van der Waals surface area contributed by atoms with Crippen molar-refractivity contribution in [1.29, 1.82) is 0 Å². The largest absolute Gasteiger partial charge is 0.338 e. The van der Waals surface area contributed by atoms with Crippen LogP contribution in [0, 0.1) is 0 Å². The third kappa shape index (κ3) is 8.21. The summed E-state index contributed by atoms with van der Waals surface area (Å²) in [7, 11) is 4.06. The summed E-state index contributed by atoms with van der Waals surface area (Å²) in [5.74, 6) is 0. The molecule has 1 aromatic carbocycles. The monoisotopic (exact) mass is 263 g/mol. The molecule has 0 aromatic heterocycles. The normalized spacial score (nSPS) is 10.5. The molecular weight excluding hydrogens is 238 g/mol. The molecule has 0 heterocycles. The molecule has 0 saturated carbocycles. The first-order chi connectivity index (χ1) is 9.18. The molecule has 0 aliphatic heterocycles. The average molecular weight is 263 g/mol. The van der Waals surface area contributed by atoms with Gasteiger partial charge in [0.2, 0.25) is 0 Å². The summed E-state index contributed by atoms with van der Waals surface area (Å²) in [6.07, 6.45) is 2.95. The van der Waals surface area contributed by atoms with Crippen LogP contribution >= 0.6 is 0 Å². The Bertz CT molecular complexity index is 352. The summed E-state index contributed by atoms with van der Waals surface area (Å²) in [6.45, 7) is 2.44. The van der Waals surface area contributed by atoms with Gasteiger partial charge in [-0.3, -0.25) is 0 Å². The summed E-state index contributed by atoms with van der Waals surface area (Å²) in [5, 5.41) is 5.74. The Morgan fingerprint density at radius 1 is 1.05 bits per heavy atom. The molecule has 2 amide bonds. The van der Waals surface area contributed by atoms with E-state index in [4.69, 9.17) is 0 Å². The van der Waals surface area contributed by atoms with Gasteiger partial charge in [-0.25, -0.2) is 4.79 Å². The Balaban J connectivity index is 1.98. The SMILES string of the molecule is CN(C)CCCNC(=O)NCCCc1ccccc1. The number of amides is 2. The van der Waals surface area contributed by atoms with Gasteiger partial charge in [0, 0.05) is 13.1 Å². The smallest absolute Gasteiger partial charge is 0.314 e. The lowest BCUT2D eigenvalue weighted by Gasteiger charge is -2.10. The van der Waals surface area contributed by atoms with E-state index in [0.29, 0.717) is 6.54 Å². The number of hydrogen-bond acceptors (Lipinski definition) is 2. The number of carbonyl (C=O) groups excluding carboxylic acids is 1. The first-order valence-corrected chi connectivity index (χ1v) is 6.89. The molecule has 0 aliphatic carbocycles. The van der Waals surface area contributed by atoms with Gasteiger partial charge in [-0.15, -0.1) is 0 Å². The zero-order valence-electron chi connectivity index (χ0n) is 12.0. The number of hydrogen-bond donors (Lipinski definition) is 2. The molecule has 0 atom stereocenters. The third-order valence-electron chi connectivity index (χ3n) is 2.84. The summed E-state index contributed by atoms with van der Waals surface area (Å²) in [5.41, 5.74) is 1.32. The van der Waals surface area contributed by atoms with Gasteiger partial charge in [-0.2, -0.15) is 0 Å². The van der Waals surface area contributed by atoms with Crippen molar-refractivity contribution >= 4 is 6.03 Å². The number of aryl methyl sites for hydroxylation is 1. The van der Waals surface area contributed by atoms with Crippen LogP contribution in [0.1, 0.15) is 18.4 Å². The van der Waals surface area contributed by atoms with E-state index in [2.05, 4.69) is 27.7 Å². The van der Waals surface area contributed by atoms with Crippen LogP contribution in [0.5, 0.6) is 0 Å². The fourth-order valence-corrected chi connectivity index (χ4v) is 1.80. The fraction of sp³-hybridized carbons (Fsp3) is 0.533. The molecule has 106 valence electrons. The molecule has 4 nitrogen and oxygen atoms in total. The highest BCUT2D eigenvalue weighted by Gasteiger charge is 1.99. The Kier molecular flexibility index (Phi) is 7.66. The van der Waals surface area contributed by atoms with Crippen molar-refractivity contribution in [3.63, 3.8) is 0 Å². The topological polar surface area (TPSA) is 44.4 Å². The summed E-state index contributed by atoms with van der Waals surface area (Å²) >= 11 is 0. The molecule has 0 fully saturated rings. The van der Waals surface area contributed by atoms with Crippen molar-refractivity contribution in [2.24, 2.45) is 0 Å². The van der Waals surface area contributed by atoms with Crippen molar-refractivity contribution in [3.8, 4) is 0 Å². The van der Waals surface area contributed by atoms with Crippen LogP contribution < -0.4 is 10.6 Å². The molecule has 0 unspecified atom stereocenters. The number of rotatable bonds is 8. The zero-order chi connectivity index (χ0) is 13.9. The molecule has 19 heavy (non-hydrogen) atoms. The molecule has 0 bridgehead atoms. The van der Waals surface area contributed by atoms with Gasteiger partial charge in [-0.1, -0.05) is 30.3 Å². The number of nitrogens with one attached hydrogen (secondary N) is 2. The number of benzene rings is 1. The van der Waals surface area contributed by atoms with E-state index in [-0.39, 0.29) is 6.03 Å². The van der Waals surface area contributed by atoms with Crippen LogP contribution in [0.15, 0.2) is 30.3 Å². The van der Waals surface area contributed by atoms with Crippen molar-refractivity contribution in [1.82, 2.24) is 15.5 Å². The standard InChI is InChI=1S/C15H25N3O/c1-18(2)13-7-12-17-15(19)16-11-6-10-14-8-4-3-5-9-14/h3-5,8-9H,6-7,10-13H2,1-2H3,(H2,16,17,19). The van der Waals surface area contributed by atoms with Crippen molar-refractivity contribution < 1.29 is 4.79 Å². The van der Waals surface area contributed by atoms with E-state index >= 15 is 0 Å². The van der Waals surface area contributed by atoms with Crippen molar-refractivity contribution in [2.45, 2.75) is 19.3 Å². The second-order valence-electron chi connectivity index (χ2n) is 4.93. The van der Waals surface area contributed by atoms with Crippen LogP contribution in [0.4, 0.5) is 4.79 Å². The van der Waals surface area contributed by atoms with Gasteiger partial charge in [0.15, 0.2) is 0 Å². The molecule has 0 aliphatic rings. The molecule has 1 rings (SSSR count). The summed E-state index contributed by atoms with van der Waals surface area (Å²) in [4.78, 5) is 13.6. The summed E-state index contributed by atoms with van der Waals surface area (Å²) < 4.78 is 0. The lowest BCUT2D eigenvalue weighted by molar-refractivity contribution is 0.240. The van der Waals surface area contributed by atoms with Gasteiger partial charge >= 0.3 is 6.03 Å². The number of carbonyl (C=O) groups is 1. The maximum atomic E-state index is 11.5. The van der Waals surface area contributed by atoms with Crippen LogP contribution in [0.3, 0.4) is 0 Å². The van der Waals surface area contributed by atoms with E-state index in [9.17, 15) is 4.79 Å². The number of urea groups is 1. The fourth-order valence-electron chi connectivity index (χ4n) is 1.80. The maximum absolute atomic E-state index is 11.5. The Morgan fingerprint density at radius 3 is 2.32 bits per heavy atom. The van der Waals surface area contributed by atoms with E-state index in [1.807, 2.05) is 32.3 Å². The van der Waals surface area contributed by atoms with Crippen LogP contribution in [-0.4, -0.2) is 44.7 Å². The van der Waals surface area contributed by atoms with E-state index in [1.165, 1.54) is 5.56 Å². The van der Waals surface area contributed by atoms with Gasteiger partial charge in [0.25, 0.3) is 0 Å². The molecule has 4 heteroatoms. The minimum Gasteiger partial charge on any atom is -0.338 e. The lowest BCUT2D eigenvalue weighted by atomic mass is 10.1. The molecule has 0 spiro atoms. The summed E-state index contributed by atoms with van der Waals surface area (Å²) in [6, 6.07) is 10.3. The van der Waals surface area contributed by atoms with Crippen LogP contribution in [0.2, 0.25) is 0 Å². The first-order valence-electron chi connectivity index (χ1n) is 6.89. The Labute approximate surface area is 116 Å². The third-order valence-corrected chi connectivity index (χ3v) is 2.84. The highest BCUT2D eigenvalue weighted by molar-refractivity contribution is 5.73. The van der Waals surface area contributed by atoms with Crippen molar-refractivity contribution in [2.75, 3.05) is 33.7 Å². The molecule has 2 N–H and O–H groups in total. The molecule has 0 saturated heterocycles. The van der Waals surface area contributed by atoms with Gasteiger partial charge < -0.3 is 15.5 Å². The zero-order valence-corrected chi connectivity index (χ0v) is 12.0. The molecular formula is C15H25N3O. The van der Waals surface area contributed by atoms with Gasteiger partial charge in [0.1, 0.15) is 0 Å². The Hall–Kier alpha value is -1.55. The highest BCUT2D eigenvalue weighted by atomic mass is 16.2. The molecule has 0 radical (unpaired) electrons. The minimum atomic E-state index is -0.0631. The van der Waals surface area contributed by atoms with Gasteiger partial charge in [0.05, 0.1) is 0 Å². The maximum Gasteiger partial charge on any atom is 0.314 e. The first kappa shape index (κ1) is 15.5. The Morgan fingerprint density at radius 2 is 1.68 bits per heavy atom. The highest BCUT2D eigenvalue weighted by Crippen LogP contribution is 2.01. The predicted octanol–water partition coefficient (Wildman–Crippen LogP) is 1.87. The van der Waals surface area contributed by atoms with Crippen LogP contribution in [-0.2, 0) is 6.42 Å². The van der Waals surface area contributed by atoms with E-state index in [0.717, 1.165) is 32.4 Å². The van der Waals surface area contributed by atoms with Crippen molar-refractivity contribution in [3.05, 3.63) is 35.9 Å².